The Hall–Kier alpha value is -3.74. The molecule has 7 nitrogen and oxygen atoms in total. The third-order valence-corrected chi connectivity index (χ3v) is 4.55. The average molecular weight is 388 g/mol. The summed E-state index contributed by atoms with van der Waals surface area (Å²) in [6.45, 7) is 2.11. The zero-order valence-electron chi connectivity index (χ0n) is 15.9. The van der Waals surface area contributed by atoms with E-state index in [-0.39, 0.29) is 24.2 Å². The fourth-order valence-electron chi connectivity index (χ4n) is 3.06. The zero-order chi connectivity index (χ0) is 20.1. The lowest BCUT2D eigenvalue weighted by Crippen LogP contribution is -2.28. The van der Waals surface area contributed by atoms with Gasteiger partial charge >= 0.3 is 0 Å². The van der Waals surface area contributed by atoms with E-state index >= 15 is 0 Å². The van der Waals surface area contributed by atoms with Crippen molar-refractivity contribution in [1.82, 2.24) is 20.3 Å². The Morgan fingerprint density at radius 3 is 2.79 bits per heavy atom. The van der Waals surface area contributed by atoms with Crippen molar-refractivity contribution in [2.45, 2.75) is 26.0 Å². The highest BCUT2D eigenvalue weighted by atomic mass is 16.5. The van der Waals surface area contributed by atoms with Crippen LogP contribution in [0, 0.1) is 0 Å². The maximum Gasteiger partial charge on any atom is 0.273 e. The molecule has 1 amide bonds. The molecule has 0 aliphatic carbocycles. The van der Waals surface area contributed by atoms with Gasteiger partial charge in [0.1, 0.15) is 17.5 Å². The lowest BCUT2D eigenvalue weighted by Gasteiger charge is -2.16. The van der Waals surface area contributed by atoms with Crippen molar-refractivity contribution in [3.05, 3.63) is 84.5 Å². The zero-order valence-corrected chi connectivity index (χ0v) is 15.9. The van der Waals surface area contributed by atoms with Crippen LogP contribution in [-0.4, -0.2) is 20.9 Å². The molecule has 0 radical (unpaired) electrons. The summed E-state index contributed by atoms with van der Waals surface area (Å²) in [7, 11) is 0. The smallest absolute Gasteiger partial charge is 0.273 e. The molecule has 0 aliphatic rings. The first-order chi connectivity index (χ1) is 14.2. The normalized spacial score (nSPS) is 11.9. The van der Waals surface area contributed by atoms with E-state index in [9.17, 15) is 4.79 Å². The van der Waals surface area contributed by atoms with E-state index < -0.39 is 0 Å². The van der Waals surface area contributed by atoms with Gasteiger partial charge in [-0.1, -0.05) is 25.1 Å². The van der Waals surface area contributed by atoms with Crippen LogP contribution in [-0.2, 0) is 6.61 Å². The van der Waals surface area contributed by atoms with Gasteiger partial charge in [0.05, 0.1) is 6.04 Å². The van der Waals surface area contributed by atoms with E-state index in [0.717, 1.165) is 22.9 Å². The first-order valence-electron chi connectivity index (χ1n) is 9.36. The highest BCUT2D eigenvalue weighted by molar-refractivity contribution is 5.92. The molecule has 3 heterocycles. The second kappa shape index (κ2) is 8.52. The molecule has 0 saturated carbocycles. The SMILES string of the molecule is CCC(NC(=O)c1coc(COc2cccc3cccnc23)n1)c1ccncc1. The molecule has 4 aromatic rings. The number of hydrogen-bond donors (Lipinski definition) is 1. The molecule has 0 saturated heterocycles. The Balaban J connectivity index is 1.42. The summed E-state index contributed by atoms with van der Waals surface area (Å²) in [5.41, 5.74) is 1.97. The average Bonchev–Trinajstić information content (AvgIpc) is 3.25. The number of pyridine rings is 2. The number of nitrogens with one attached hydrogen (secondary N) is 1. The van der Waals surface area contributed by atoms with Gasteiger partial charge in [0.25, 0.3) is 5.91 Å². The van der Waals surface area contributed by atoms with Gasteiger partial charge in [-0.2, -0.15) is 0 Å². The van der Waals surface area contributed by atoms with Crippen LogP contribution in [0.25, 0.3) is 10.9 Å². The second-order valence-corrected chi connectivity index (χ2v) is 6.46. The topological polar surface area (TPSA) is 90.1 Å². The highest BCUT2D eigenvalue weighted by Crippen LogP contribution is 2.24. The molecule has 1 unspecified atom stereocenters. The number of fused-ring (bicyclic) bond motifs is 1. The molecule has 29 heavy (non-hydrogen) atoms. The van der Waals surface area contributed by atoms with Gasteiger partial charge in [0.15, 0.2) is 12.3 Å². The summed E-state index contributed by atoms with van der Waals surface area (Å²) in [4.78, 5) is 25.2. The molecule has 7 heteroatoms. The molecule has 0 spiro atoms. The summed E-state index contributed by atoms with van der Waals surface area (Å²) >= 11 is 0. The third-order valence-electron chi connectivity index (χ3n) is 4.55. The van der Waals surface area contributed by atoms with Crippen LogP contribution in [0.4, 0.5) is 0 Å². The third kappa shape index (κ3) is 4.24. The summed E-state index contributed by atoms with van der Waals surface area (Å²) in [6.07, 6.45) is 7.22. The number of para-hydroxylation sites is 1. The summed E-state index contributed by atoms with van der Waals surface area (Å²) in [5, 5.41) is 3.96. The van der Waals surface area contributed by atoms with E-state index in [4.69, 9.17) is 9.15 Å². The van der Waals surface area contributed by atoms with Crippen LogP contribution < -0.4 is 10.1 Å². The minimum Gasteiger partial charge on any atom is -0.482 e. The van der Waals surface area contributed by atoms with E-state index in [1.54, 1.807) is 18.6 Å². The lowest BCUT2D eigenvalue weighted by atomic mass is 10.1. The molecule has 1 aromatic carbocycles. The highest BCUT2D eigenvalue weighted by Gasteiger charge is 2.18. The Kier molecular flexibility index (Phi) is 5.47. The van der Waals surface area contributed by atoms with Crippen LogP contribution in [0.1, 0.15) is 41.3 Å². The minimum atomic E-state index is -0.296. The summed E-state index contributed by atoms with van der Waals surface area (Å²) in [5.74, 6) is 0.659. The molecule has 1 N–H and O–H groups in total. The van der Waals surface area contributed by atoms with Crippen molar-refractivity contribution in [3.8, 4) is 5.75 Å². The van der Waals surface area contributed by atoms with Crippen LogP contribution in [0.2, 0.25) is 0 Å². The quantitative estimate of drug-likeness (QED) is 0.513. The Morgan fingerprint density at radius 2 is 1.97 bits per heavy atom. The van der Waals surface area contributed by atoms with Crippen LogP contribution >= 0.6 is 0 Å². The maximum atomic E-state index is 12.5. The van der Waals surface area contributed by atoms with Gasteiger partial charge in [-0.05, 0) is 36.2 Å². The Bertz CT molecular complexity index is 1110. The van der Waals surface area contributed by atoms with Gasteiger partial charge in [-0.3, -0.25) is 14.8 Å². The van der Waals surface area contributed by atoms with Gasteiger partial charge < -0.3 is 14.5 Å². The number of carbonyl (C=O) groups excluding carboxylic acids is 1. The second-order valence-electron chi connectivity index (χ2n) is 6.46. The summed E-state index contributed by atoms with van der Waals surface area (Å²) < 4.78 is 11.2. The number of ether oxygens (including phenoxy) is 1. The van der Waals surface area contributed by atoms with Gasteiger partial charge in [0, 0.05) is 24.0 Å². The van der Waals surface area contributed by atoms with Crippen molar-refractivity contribution in [3.63, 3.8) is 0 Å². The van der Waals surface area contributed by atoms with Crippen molar-refractivity contribution in [2.24, 2.45) is 0 Å². The predicted octanol–water partition coefficient (Wildman–Crippen LogP) is 4.08. The first kappa shape index (κ1) is 18.6. The van der Waals surface area contributed by atoms with Crippen LogP contribution in [0.5, 0.6) is 5.75 Å². The number of aromatic nitrogens is 3. The lowest BCUT2D eigenvalue weighted by molar-refractivity contribution is 0.0930. The van der Waals surface area contributed by atoms with Crippen molar-refractivity contribution >= 4 is 16.8 Å². The number of carbonyl (C=O) groups is 1. The van der Waals surface area contributed by atoms with E-state index in [2.05, 4.69) is 20.3 Å². The Morgan fingerprint density at radius 1 is 1.14 bits per heavy atom. The van der Waals surface area contributed by atoms with Crippen molar-refractivity contribution in [1.29, 1.82) is 0 Å². The van der Waals surface area contributed by atoms with E-state index in [1.165, 1.54) is 6.26 Å². The Labute approximate surface area is 167 Å². The monoisotopic (exact) mass is 388 g/mol. The minimum absolute atomic E-state index is 0.102. The van der Waals surface area contributed by atoms with Crippen LogP contribution in [0.3, 0.4) is 0 Å². The molecule has 1 atom stereocenters. The number of benzene rings is 1. The van der Waals surface area contributed by atoms with E-state index in [0.29, 0.717) is 11.6 Å². The number of rotatable bonds is 7. The fraction of sp³-hybridized carbons (Fsp3) is 0.182. The molecule has 0 bridgehead atoms. The number of oxazole rings is 1. The standard InChI is InChI=1S/C22H20N4O3/c1-2-17(15-8-11-23-12-9-15)26-22(27)18-13-29-20(25-18)14-28-19-7-3-5-16-6-4-10-24-21(16)19/h3-13,17H,2,14H2,1H3,(H,26,27). The fourth-order valence-corrected chi connectivity index (χ4v) is 3.06. The molecule has 0 aliphatic heterocycles. The van der Waals surface area contributed by atoms with E-state index in [1.807, 2.05) is 49.4 Å². The molecule has 146 valence electrons. The number of amides is 1. The van der Waals surface area contributed by atoms with Gasteiger partial charge in [0.2, 0.25) is 5.89 Å². The molecular weight excluding hydrogens is 368 g/mol. The first-order valence-corrected chi connectivity index (χ1v) is 9.36. The summed E-state index contributed by atoms with van der Waals surface area (Å²) in [6, 6.07) is 13.2. The predicted molar refractivity (Wildman–Crippen MR) is 107 cm³/mol. The van der Waals surface area contributed by atoms with Crippen molar-refractivity contribution < 1.29 is 13.9 Å². The molecule has 0 fully saturated rings. The largest absolute Gasteiger partial charge is 0.482 e. The number of hydrogen-bond acceptors (Lipinski definition) is 6. The van der Waals surface area contributed by atoms with Crippen molar-refractivity contribution in [2.75, 3.05) is 0 Å². The van der Waals surface area contributed by atoms with Crippen LogP contribution in [0.15, 0.2) is 71.7 Å². The molecule has 3 aromatic heterocycles. The maximum absolute atomic E-state index is 12.5. The van der Waals surface area contributed by atoms with Gasteiger partial charge in [-0.25, -0.2) is 4.98 Å². The van der Waals surface area contributed by atoms with Gasteiger partial charge in [-0.15, -0.1) is 0 Å². The number of nitrogens with zero attached hydrogens (tertiary/aromatic N) is 3. The molecular formula is C22H20N4O3. The molecule has 4 rings (SSSR count).